The first kappa shape index (κ1) is 16.0. The summed E-state index contributed by atoms with van der Waals surface area (Å²) in [5.74, 6) is 0.00313. The molecular formula is C13H17Cl2NO3S. The molecule has 1 saturated heterocycles. The van der Waals surface area contributed by atoms with Crippen molar-refractivity contribution < 1.29 is 13.5 Å². The Labute approximate surface area is 129 Å². The van der Waals surface area contributed by atoms with Gasteiger partial charge in [-0.25, -0.2) is 8.42 Å². The maximum atomic E-state index is 12.3. The third kappa shape index (κ3) is 4.09. The van der Waals surface area contributed by atoms with E-state index in [4.69, 9.17) is 23.2 Å². The lowest BCUT2D eigenvalue weighted by molar-refractivity contribution is 0.0855. The molecule has 0 amide bonds. The Hall–Kier alpha value is -0.330. The molecule has 0 unspecified atom stereocenters. The fourth-order valence-electron chi connectivity index (χ4n) is 2.22. The first-order chi connectivity index (χ1) is 9.38. The first-order valence-electron chi connectivity index (χ1n) is 6.47. The second kappa shape index (κ2) is 6.62. The smallest absolute Gasteiger partial charge is 0.181 e. The fraction of sp³-hybridized carbons (Fsp3) is 0.538. The Morgan fingerprint density at radius 1 is 1.25 bits per heavy atom. The monoisotopic (exact) mass is 337 g/mol. The van der Waals surface area contributed by atoms with Crippen LogP contribution in [0.3, 0.4) is 0 Å². The average Bonchev–Trinajstić information content (AvgIpc) is 2.41. The van der Waals surface area contributed by atoms with Crippen molar-refractivity contribution in [1.82, 2.24) is 4.90 Å². The summed E-state index contributed by atoms with van der Waals surface area (Å²) in [4.78, 5) is 2.13. The Morgan fingerprint density at radius 3 is 2.55 bits per heavy atom. The predicted octanol–water partition coefficient (Wildman–Crippen LogP) is 2.22. The third-order valence-electron chi connectivity index (χ3n) is 3.46. The SMILES string of the molecule is O=S(=O)(CCN1CCC(O)CC1)c1cc(Cl)ccc1Cl. The van der Waals surface area contributed by atoms with E-state index in [1.54, 1.807) is 6.07 Å². The van der Waals surface area contributed by atoms with Crippen LogP contribution in [0.5, 0.6) is 0 Å². The molecule has 1 heterocycles. The highest BCUT2D eigenvalue weighted by Crippen LogP contribution is 2.26. The standard InChI is InChI=1S/C13H17Cl2NO3S/c14-10-1-2-12(15)13(9-10)20(18,19)8-7-16-5-3-11(17)4-6-16/h1-2,9,11,17H,3-8H2. The van der Waals surface area contributed by atoms with Crippen molar-refractivity contribution in [3.63, 3.8) is 0 Å². The van der Waals surface area contributed by atoms with Crippen LogP contribution in [0.25, 0.3) is 0 Å². The molecule has 0 aromatic heterocycles. The molecule has 1 aromatic rings. The zero-order valence-corrected chi connectivity index (χ0v) is 13.3. The lowest BCUT2D eigenvalue weighted by atomic mass is 10.1. The molecule has 20 heavy (non-hydrogen) atoms. The highest BCUT2D eigenvalue weighted by atomic mass is 35.5. The number of benzene rings is 1. The van der Waals surface area contributed by atoms with Crippen molar-refractivity contribution in [3.05, 3.63) is 28.2 Å². The summed E-state index contributed by atoms with van der Waals surface area (Å²) in [5, 5.41) is 9.98. The van der Waals surface area contributed by atoms with Crippen LogP contribution in [0.2, 0.25) is 10.0 Å². The zero-order chi connectivity index (χ0) is 14.8. The molecule has 112 valence electrons. The van der Waals surface area contributed by atoms with Gasteiger partial charge in [0, 0.05) is 24.7 Å². The van der Waals surface area contributed by atoms with Crippen molar-refractivity contribution in [2.75, 3.05) is 25.4 Å². The minimum atomic E-state index is -3.45. The Balaban J connectivity index is 2.02. The highest BCUT2D eigenvalue weighted by molar-refractivity contribution is 7.91. The molecular weight excluding hydrogens is 321 g/mol. The summed E-state index contributed by atoms with van der Waals surface area (Å²) >= 11 is 11.8. The fourth-order valence-corrected chi connectivity index (χ4v) is 4.31. The molecule has 4 nitrogen and oxygen atoms in total. The summed E-state index contributed by atoms with van der Waals surface area (Å²) in [6.45, 7) is 1.89. The zero-order valence-electron chi connectivity index (χ0n) is 10.9. The van der Waals surface area contributed by atoms with Crippen LogP contribution in [-0.4, -0.2) is 49.9 Å². The van der Waals surface area contributed by atoms with Gasteiger partial charge in [-0.3, -0.25) is 0 Å². The molecule has 0 saturated carbocycles. The number of nitrogens with zero attached hydrogens (tertiary/aromatic N) is 1. The van der Waals surface area contributed by atoms with Gasteiger partial charge in [0.25, 0.3) is 0 Å². The predicted molar refractivity (Wildman–Crippen MR) is 80.2 cm³/mol. The van der Waals surface area contributed by atoms with Crippen LogP contribution >= 0.6 is 23.2 Å². The molecule has 0 radical (unpaired) electrons. The maximum Gasteiger partial charge on any atom is 0.181 e. The van der Waals surface area contributed by atoms with Crippen LogP contribution in [0, 0.1) is 0 Å². The van der Waals surface area contributed by atoms with Crippen molar-refractivity contribution in [2.45, 2.75) is 23.8 Å². The van der Waals surface area contributed by atoms with Gasteiger partial charge in [0.1, 0.15) is 0 Å². The van der Waals surface area contributed by atoms with Gasteiger partial charge in [0.15, 0.2) is 9.84 Å². The molecule has 1 N–H and O–H groups in total. The molecule has 0 atom stereocenters. The van der Waals surface area contributed by atoms with Gasteiger partial charge in [-0.15, -0.1) is 0 Å². The van der Waals surface area contributed by atoms with Crippen LogP contribution in [0.4, 0.5) is 0 Å². The van der Waals surface area contributed by atoms with Crippen LogP contribution in [0.15, 0.2) is 23.1 Å². The van der Waals surface area contributed by atoms with E-state index in [0.29, 0.717) is 24.4 Å². The topological polar surface area (TPSA) is 57.6 Å². The first-order valence-corrected chi connectivity index (χ1v) is 8.87. The molecule has 1 fully saturated rings. The Bertz CT molecular complexity index is 569. The number of halogens is 2. The van der Waals surface area contributed by atoms with Crippen LogP contribution < -0.4 is 0 Å². The number of aliphatic hydroxyl groups excluding tert-OH is 1. The van der Waals surface area contributed by atoms with E-state index in [1.165, 1.54) is 12.1 Å². The molecule has 0 aliphatic carbocycles. The lowest BCUT2D eigenvalue weighted by Crippen LogP contribution is -2.38. The largest absolute Gasteiger partial charge is 0.393 e. The third-order valence-corrected chi connectivity index (χ3v) is 5.87. The number of piperidine rings is 1. The van der Waals surface area contributed by atoms with Crippen molar-refractivity contribution in [1.29, 1.82) is 0 Å². The van der Waals surface area contributed by atoms with E-state index >= 15 is 0 Å². The second-order valence-electron chi connectivity index (χ2n) is 4.97. The second-order valence-corrected chi connectivity index (χ2v) is 7.89. The Kier molecular flexibility index (Phi) is 5.31. The van der Waals surface area contributed by atoms with E-state index in [9.17, 15) is 13.5 Å². The number of hydrogen-bond acceptors (Lipinski definition) is 4. The molecule has 1 aliphatic rings. The average molecular weight is 338 g/mol. The van der Waals surface area contributed by atoms with E-state index in [1.807, 2.05) is 4.90 Å². The minimum Gasteiger partial charge on any atom is -0.393 e. The number of sulfone groups is 1. The van der Waals surface area contributed by atoms with Gasteiger partial charge in [-0.05, 0) is 31.0 Å². The summed E-state index contributed by atoms with van der Waals surface area (Å²) in [6, 6.07) is 4.45. The lowest BCUT2D eigenvalue weighted by Gasteiger charge is -2.29. The molecule has 0 spiro atoms. The van der Waals surface area contributed by atoms with E-state index in [-0.39, 0.29) is 21.8 Å². The Morgan fingerprint density at radius 2 is 1.90 bits per heavy atom. The van der Waals surface area contributed by atoms with Gasteiger partial charge >= 0.3 is 0 Å². The number of likely N-dealkylation sites (tertiary alicyclic amines) is 1. The minimum absolute atomic E-state index is 0.00313. The number of rotatable bonds is 4. The molecule has 7 heteroatoms. The van der Waals surface area contributed by atoms with Gasteiger partial charge in [-0.1, -0.05) is 23.2 Å². The molecule has 1 aromatic carbocycles. The summed E-state index contributed by atoms with van der Waals surface area (Å²) in [6.07, 6.45) is 1.13. The van der Waals surface area contributed by atoms with Gasteiger partial charge < -0.3 is 10.0 Å². The van der Waals surface area contributed by atoms with Crippen molar-refractivity contribution in [3.8, 4) is 0 Å². The van der Waals surface area contributed by atoms with E-state index < -0.39 is 9.84 Å². The maximum absolute atomic E-state index is 12.3. The quantitative estimate of drug-likeness (QED) is 0.915. The molecule has 0 bridgehead atoms. The number of aliphatic hydroxyl groups is 1. The van der Waals surface area contributed by atoms with E-state index in [2.05, 4.69) is 0 Å². The van der Waals surface area contributed by atoms with Crippen molar-refractivity contribution in [2.24, 2.45) is 0 Å². The summed E-state index contributed by atoms with van der Waals surface area (Å²) in [7, 11) is -3.45. The van der Waals surface area contributed by atoms with Gasteiger partial charge in [-0.2, -0.15) is 0 Å². The van der Waals surface area contributed by atoms with Crippen LogP contribution in [-0.2, 0) is 9.84 Å². The van der Waals surface area contributed by atoms with Gasteiger partial charge in [0.2, 0.25) is 0 Å². The van der Waals surface area contributed by atoms with Gasteiger partial charge in [0.05, 0.1) is 21.8 Å². The number of hydrogen-bond donors (Lipinski definition) is 1. The normalized spacial score (nSPS) is 18.4. The molecule has 1 aliphatic heterocycles. The van der Waals surface area contributed by atoms with Crippen LogP contribution in [0.1, 0.15) is 12.8 Å². The summed E-state index contributed by atoms with van der Waals surface area (Å²) in [5.41, 5.74) is 0. The van der Waals surface area contributed by atoms with Crippen molar-refractivity contribution >= 4 is 33.0 Å². The highest BCUT2D eigenvalue weighted by Gasteiger charge is 2.22. The summed E-state index contributed by atoms with van der Waals surface area (Å²) < 4.78 is 24.6. The van der Waals surface area contributed by atoms with E-state index in [0.717, 1.165) is 13.1 Å². The molecule has 2 rings (SSSR count).